The summed E-state index contributed by atoms with van der Waals surface area (Å²) in [5.74, 6) is -1.08. The van der Waals surface area contributed by atoms with Crippen LogP contribution in [0, 0.1) is 0 Å². The number of rotatable bonds is 3. The van der Waals surface area contributed by atoms with Gasteiger partial charge in [-0.25, -0.2) is 0 Å². The lowest BCUT2D eigenvalue weighted by Crippen LogP contribution is -2.53. The highest BCUT2D eigenvalue weighted by molar-refractivity contribution is 5.83. The molecule has 0 aliphatic carbocycles. The second-order valence-corrected chi connectivity index (χ2v) is 5.05. The van der Waals surface area contributed by atoms with Crippen molar-refractivity contribution in [2.24, 2.45) is 0 Å². The van der Waals surface area contributed by atoms with Crippen LogP contribution in [-0.4, -0.2) is 82.9 Å². The van der Waals surface area contributed by atoms with Crippen molar-refractivity contribution < 1.29 is 24.5 Å². The quantitative estimate of drug-likeness (QED) is 0.667. The molecule has 0 spiro atoms. The summed E-state index contributed by atoms with van der Waals surface area (Å²) in [6, 6.07) is -1.31. The Balaban J connectivity index is 2.02. The van der Waals surface area contributed by atoms with E-state index in [0.717, 1.165) is 0 Å². The molecule has 3 atom stereocenters. The molecule has 2 heterocycles. The Bertz CT molecular complexity index is 356. The molecular weight excluding hydrogens is 252 g/mol. The number of amides is 1. The van der Waals surface area contributed by atoms with Gasteiger partial charge in [0.1, 0.15) is 6.04 Å². The Hall–Kier alpha value is -1.18. The van der Waals surface area contributed by atoms with Crippen LogP contribution in [0.3, 0.4) is 0 Å². The zero-order valence-electron chi connectivity index (χ0n) is 11.0. The molecule has 2 saturated heterocycles. The number of carbonyl (C=O) groups is 2. The average molecular weight is 272 g/mol. The summed E-state index contributed by atoms with van der Waals surface area (Å²) in [6.45, 7) is 4.04. The van der Waals surface area contributed by atoms with Crippen molar-refractivity contribution in [2.45, 2.75) is 31.5 Å². The minimum Gasteiger partial charge on any atom is -0.480 e. The number of carbonyl (C=O) groups excluding carboxylic acids is 1. The summed E-state index contributed by atoms with van der Waals surface area (Å²) in [4.78, 5) is 26.7. The summed E-state index contributed by atoms with van der Waals surface area (Å²) < 4.78 is 5.19. The monoisotopic (exact) mass is 272 g/mol. The fourth-order valence-corrected chi connectivity index (χ4v) is 2.70. The van der Waals surface area contributed by atoms with Gasteiger partial charge < -0.3 is 19.8 Å². The number of aliphatic hydroxyl groups is 1. The number of likely N-dealkylation sites (tertiary alicyclic amines) is 1. The number of nitrogens with zero attached hydrogens (tertiary/aromatic N) is 2. The smallest absolute Gasteiger partial charge is 0.321 e. The predicted molar refractivity (Wildman–Crippen MR) is 65.6 cm³/mol. The third kappa shape index (κ3) is 3.05. The molecular formula is C12H20N2O5. The van der Waals surface area contributed by atoms with Gasteiger partial charge in [0.25, 0.3) is 0 Å². The van der Waals surface area contributed by atoms with E-state index in [-0.39, 0.29) is 18.9 Å². The van der Waals surface area contributed by atoms with Gasteiger partial charge in [0.15, 0.2) is 0 Å². The predicted octanol–water partition coefficient (Wildman–Crippen LogP) is -1.25. The van der Waals surface area contributed by atoms with Crippen LogP contribution in [0.5, 0.6) is 0 Å². The van der Waals surface area contributed by atoms with Crippen LogP contribution in [0.4, 0.5) is 0 Å². The second-order valence-electron chi connectivity index (χ2n) is 5.05. The maximum absolute atomic E-state index is 12.3. The number of β-amino-alcohol motifs (C(OH)–C–C–N with tert-alkyl or cyclic N) is 1. The van der Waals surface area contributed by atoms with E-state index in [0.29, 0.717) is 26.3 Å². The van der Waals surface area contributed by atoms with Crippen molar-refractivity contribution in [1.29, 1.82) is 0 Å². The molecule has 0 aromatic carbocycles. The molecule has 2 aliphatic heterocycles. The van der Waals surface area contributed by atoms with Gasteiger partial charge in [-0.15, -0.1) is 0 Å². The van der Waals surface area contributed by atoms with Crippen molar-refractivity contribution in [2.75, 3.05) is 32.8 Å². The molecule has 0 saturated carbocycles. The van der Waals surface area contributed by atoms with Crippen LogP contribution in [-0.2, 0) is 14.3 Å². The summed E-state index contributed by atoms with van der Waals surface area (Å²) in [5, 5.41) is 18.8. The van der Waals surface area contributed by atoms with Gasteiger partial charge in [-0.1, -0.05) is 0 Å². The molecule has 3 unspecified atom stereocenters. The fraction of sp³-hybridized carbons (Fsp3) is 0.833. The van der Waals surface area contributed by atoms with E-state index in [2.05, 4.69) is 0 Å². The number of aliphatic carboxylic acids is 1. The van der Waals surface area contributed by atoms with Gasteiger partial charge in [-0.3, -0.25) is 14.5 Å². The number of carboxylic acid groups (broad SMARTS) is 1. The van der Waals surface area contributed by atoms with Crippen LogP contribution in [0.2, 0.25) is 0 Å². The Labute approximate surface area is 111 Å². The van der Waals surface area contributed by atoms with Gasteiger partial charge in [-0.2, -0.15) is 0 Å². The van der Waals surface area contributed by atoms with Crippen LogP contribution < -0.4 is 0 Å². The van der Waals surface area contributed by atoms with Crippen molar-refractivity contribution in [1.82, 2.24) is 9.80 Å². The molecule has 2 fully saturated rings. The van der Waals surface area contributed by atoms with Crippen LogP contribution in [0.15, 0.2) is 0 Å². The van der Waals surface area contributed by atoms with Crippen LogP contribution >= 0.6 is 0 Å². The van der Waals surface area contributed by atoms with Gasteiger partial charge >= 0.3 is 5.97 Å². The molecule has 0 bridgehead atoms. The Morgan fingerprint density at radius 1 is 1.32 bits per heavy atom. The van der Waals surface area contributed by atoms with E-state index in [4.69, 9.17) is 9.84 Å². The lowest BCUT2D eigenvalue weighted by Gasteiger charge is -2.34. The van der Waals surface area contributed by atoms with Crippen molar-refractivity contribution in [3.63, 3.8) is 0 Å². The van der Waals surface area contributed by atoms with Crippen molar-refractivity contribution in [3.05, 3.63) is 0 Å². The highest BCUT2D eigenvalue weighted by atomic mass is 16.5. The largest absolute Gasteiger partial charge is 0.480 e. The number of carboxylic acids is 1. The SMILES string of the molecule is CC(C(=O)N1CCOCC1)N1CC(O)CC1C(=O)O. The van der Waals surface area contributed by atoms with E-state index >= 15 is 0 Å². The lowest BCUT2D eigenvalue weighted by atomic mass is 10.1. The first-order valence-electron chi connectivity index (χ1n) is 6.54. The number of hydrogen-bond acceptors (Lipinski definition) is 5. The minimum atomic E-state index is -0.988. The maximum atomic E-state index is 12.3. The van der Waals surface area contributed by atoms with E-state index in [9.17, 15) is 14.7 Å². The average Bonchev–Trinajstić information content (AvgIpc) is 2.80. The minimum absolute atomic E-state index is 0.0938. The van der Waals surface area contributed by atoms with Gasteiger partial charge in [0.05, 0.1) is 25.4 Å². The second kappa shape index (κ2) is 5.85. The van der Waals surface area contributed by atoms with Crippen LogP contribution in [0.1, 0.15) is 13.3 Å². The van der Waals surface area contributed by atoms with Gasteiger partial charge in [0, 0.05) is 26.1 Å². The number of morpholine rings is 1. The molecule has 108 valence electrons. The van der Waals surface area contributed by atoms with Crippen molar-refractivity contribution in [3.8, 4) is 0 Å². The Kier molecular flexibility index (Phi) is 4.38. The molecule has 0 aromatic heterocycles. The molecule has 7 nitrogen and oxygen atoms in total. The summed E-state index contributed by atoms with van der Waals surface area (Å²) in [6.07, 6.45) is -0.503. The molecule has 7 heteroatoms. The molecule has 1 amide bonds. The Morgan fingerprint density at radius 3 is 2.53 bits per heavy atom. The first kappa shape index (κ1) is 14.2. The van der Waals surface area contributed by atoms with Gasteiger partial charge in [-0.05, 0) is 6.92 Å². The number of aliphatic hydroxyl groups excluding tert-OH is 1. The summed E-state index contributed by atoms with van der Waals surface area (Å²) in [7, 11) is 0. The fourth-order valence-electron chi connectivity index (χ4n) is 2.70. The van der Waals surface area contributed by atoms with E-state index in [1.54, 1.807) is 16.7 Å². The molecule has 2 rings (SSSR count). The van der Waals surface area contributed by atoms with E-state index in [1.807, 2.05) is 0 Å². The lowest BCUT2D eigenvalue weighted by molar-refractivity contribution is -0.147. The molecule has 0 radical (unpaired) electrons. The van der Waals surface area contributed by atoms with E-state index < -0.39 is 24.2 Å². The van der Waals surface area contributed by atoms with Gasteiger partial charge in [0.2, 0.25) is 5.91 Å². The molecule has 2 aliphatic rings. The molecule has 0 aromatic rings. The normalized spacial score (nSPS) is 30.3. The molecule has 2 N–H and O–H groups in total. The Morgan fingerprint density at radius 2 is 1.95 bits per heavy atom. The summed E-state index contributed by atoms with van der Waals surface area (Å²) >= 11 is 0. The standard InChI is InChI=1S/C12H20N2O5/c1-8(11(16)13-2-4-19-5-3-13)14-7-9(15)6-10(14)12(17)18/h8-10,15H,2-7H2,1H3,(H,17,18). The summed E-state index contributed by atoms with van der Waals surface area (Å²) in [5.41, 5.74) is 0. The third-order valence-corrected chi connectivity index (χ3v) is 3.78. The number of hydrogen-bond donors (Lipinski definition) is 2. The molecule has 19 heavy (non-hydrogen) atoms. The van der Waals surface area contributed by atoms with Crippen molar-refractivity contribution >= 4 is 11.9 Å². The van der Waals surface area contributed by atoms with Crippen LogP contribution in [0.25, 0.3) is 0 Å². The topological polar surface area (TPSA) is 90.3 Å². The third-order valence-electron chi connectivity index (χ3n) is 3.78. The number of ether oxygens (including phenoxy) is 1. The first-order valence-corrected chi connectivity index (χ1v) is 6.54. The maximum Gasteiger partial charge on any atom is 0.321 e. The first-order chi connectivity index (χ1) is 9.00. The van der Waals surface area contributed by atoms with E-state index in [1.165, 1.54) is 0 Å². The zero-order valence-corrected chi connectivity index (χ0v) is 11.0. The highest BCUT2D eigenvalue weighted by Crippen LogP contribution is 2.22. The zero-order chi connectivity index (χ0) is 14.0. The highest BCUT2D eigenvalue weighted by Gasteiger charge is 2.41.